The minimum Gasteiger partial charge on any atom is -0.313 e. The van der Waals surface area contributed by atoms with Crippen molar-refractivity contribution in [3.8, 4) is 6.07 Å². The molecule has 0 aliphatic rings. The maximum Gasteiger partial charge on any atom is 0.104 e. The molecule has 2 nitrogen and oxygen atoms in total. The summed E-state index contributed by atoms with van der Waals surface area (Å²) in [5.74, 6) is 3.08. The number of nitrogens with two attached hydrogens (primary N) is 1. The Morgan fingerprint density at radius 1 is 1.50 bits per heavy atom. The van der Waals surface area contributed by atoms with E-state index in [9.17, 15) is 0 Å². The number of hydrogen-bond acceptors (Lipinski definition) is 3. The molecule has 0 radical (unpaired) electrons. The van der Waals surface area contributed by atoms with Crippen LogP contribution in [0.5, 0.6) is 0 Å². The largest absolute Gasteiger partial charge is 0.313 e. The summed E-state index contributed by atoms with van der Waals surface area (Å²) in [6, 6.07) is 2.20. The molecule has 3 heteroatoms. The first-order valence-corrected chi connectivity index (χ1v) is 6.47. The van der Waals surface area contributed by atoms with E-state index < -0.39 is 5.54 Å². The second-order valence-corrected chi connectivity index (χ2v) is 5.34. The lowest BCUT2D eigenvalue weighted by molar-refractivity contribution is 0.478. The maximum atomic E-state index is 8.85. The third kappa shape index (κ3) is 6.28. The molecule has 14 heavy (non-hydrogen) atoms. The Labute approximate surface area is 92.2 Å². The monoisotopic (exact) mass is 214 g/mol. The summed E-state index contributed by atoms with van der Waals surface area (Å²) in [7, 11) is 0. The Hall–Kier alpha value is -0.200. The highest BCUT2D eigenvalue weighted by Crippen LogP contribution is 2.16. The third-order valence-corrected chi connectivity index (χ3v) is 3.70. The van der Waals surface area contributed by atoms with Crippen LogP contribution in [0, 0.1) is 17.2 Å². The molecule has 1 atom stereocenters. The average Bonchev–Trinajstić information content (AvgIpc) is 2.16. The van der Waals surface area contributed by atoms with Crippen molar-refractivity contribution in [3.05, 3.63) is 0 Å². The Morgan fingerprint density at radius 2 is 2.14 bits per heavy atom. The first-order chi connectivity index (χ1) is 6.54. The van der Waals surface area contributed by atoms with Gasteiger partial charge in [0.2, 0.25) is 0 Å². The Kier molecular flexibility index (Phi) is 7.04. The Bertz CT molecular complexity index is 186. The normalized spacial score (nSPS) is 15.1. The number of hydrogen-bond donors (Lipinski definition) is 1. The molecule has 0 amide bonds. The van der Waals surface area contributed by atoms with E-state index in [1.54, 1.807) is 0 Å². The van der Waals surface area contributed by atoms with Gasteiger partial charge in [-0.05, 0) is 36.7 Å². The lowest BCUT2D eigenvalue weighted by Gasteiger charge is -2.18. The summed E-state index contributed by atoms with van der Waals surface area (Å²) in [5, 5.41) is 8.85. The zero-order valence-electron chi connectivity index (χ0n) is 9.55. The van der Waals surface area contributed by atoms with E-state index in [4.69, 9.17) is 11.0 Å². The molecule has 0 aliphatic carbocycles. The van der Waals surface area contributed by atoms with Gasteiger partial charge in [-0.15, -0.1) is 0 Å². The van der Waals surface area contributed by atoms with E-state index in [2.05, 4.69) is 19.9 Å². The van der Waals surface area contributed by atoms with Crippen LogP contribution in [0.2, 0.25) is 0 Å². The molecule has 82 valence electrons. The predicted octanol–water partition coefficient (Wildman–Crippen LogP) is 2.79. The molecule has 2 N–H and O–H groups in total. The topological polar surface area (TPSA) is 49.8 Å². The summed E-state index contributed by atoms with van der Waals surface area (Å²) < 4.78 is 0. The van der Waals surface area contributed by atoms with Crippen molar-refractivity contribution >= 4 is 11.8 Å². The van der Waals surface area contributed by atoms with Gasteiger partial charge in [-0.25, -0.2) is 0 Å². The van der Waals surface area contributed by atoms with Crippen LogP contribution in [0.25, 0.3) is 0 Å². The van der Waals surface area contributed by atoms with Crippen molar-refractivity contribution in [2.45, 2.75) is 45.6 Å². The van der Waals surface area contributed by atoms with Gasteiger partial charge in [0.15, 0.2) is 0 Å². The van der Waals surface area contributed by atoms with E-state index in [1.165, 1.54) is 5.75 Å². The minimum atomic E-state index is -0.585. The number of nitrogens with zero attached hydrogens (tertiary/aromatic N) is 1. The van der Waals surface area contributed by atoms with Gasteiger partial charge in [-0.1, -0.05) is 20.8 Å². The van der Waals surface area contributed by atoms with Crippen LogP contribution < -0.4 is 5.73 Å². The van der Waals surface area contributed by atoms with E-state index in [0.717, 1.165) is 30.9 Å². The molecule has 0 bridgehead atoms. The third-order valence-electron chi connectivity index (χ3n) is 2.22. The molecule has 0 aromatic heterocycles. The smallest absolute Gasteiger partial charge is 0.104 e. The summed E-state index contributed by atoms with van der Waals surface area (Å²) in [5.41, 5.74) is 5.28. The second-order valence-electron chi connectivity index (χ2n) is 4.19. The van der Waals surface area contributed by atoms with Crippen molar-refractivity contribution in [1.82, 2.24) is 0 Å². The van der Waals surface area contributed by atoms with Crippen molar-refractivity contribution in [2.24, 2.45) is 11.7 Å². The number of rotatable bonds is 7. The van der Waals surface area contributed by atoms with E-state index in [1.807, 2.05) is 18.7 Å². The van der Waals surface area contributed by atoms with Crippen LogP contribution in [-0.2, 0) is 0 Å². The van der Waals surface area contributed by atoms with Crippen LogP contribution in [0.4, 0.5) is 0 Å². The van der Waals surface area contributed by atoms with Crippen LogP contribution in [0.1, 0.15) is 40.0 Å². The molecule has 0 saturated heterocycles. The van der Waals surface area contributed by atoms with E-state index in [-0.39, 0.29) is 0 Å². The van der Waals surface area contributed by atoms with Gasteiger partial charge in [0.1, 0.15) is 5.54 Å². The van der Waals surface area contributed by atoms with Gasteiger partial charge >= 0.3 is 0 Å². The van der Waals surface area contributed by atoms with Crippen LogP contribution in [0.3, 0.4) is 0 Å². The molecule has 0 spiro atoms. The first-order valence-electron chi connectivity index (χ1n) is 5.32. The highest BCUT2D eigenvalue weighted by Gasteiger charge is 2.20. The summed E-state index contributed by atoms with van der Waals surface area (Å²) in [6.45, 7) is 6.42. The summed E-state index contributed by atoms with van der Waals surface area (Å²) >= 11 is 1.96. The highest BCUT2D eigenvalue weighted by atomic mass is 32.2. The van der Waals surface area contributed by atoms with E-state index >= 15 is 0 Å². The predicted molar refractivity (Wildman–Crippen MR) is 64.2 cm³/mol. The van der Waals surface area contributed by atoms with Crippen LogP contribution >= 0.6 is 11.8 Å². The Balaban J connectivity index is 3.49. The van der Waals surface area contributed by atoms with Gasteiger partial charge in [0.05, 0.1) is 6.07 Å². The van der Waals surface area contributed by atoms with Crippen molar-refractivity contribution in [2.75, 3.05) is 11.5 Å². The van der Waals surface area contributed by atoms with Crippen LogP contribution in [-0.4, -0.2) is 17.0 Å². The van der Waals surface area contributed by atoms with Gasteiger partial charge in [-0.3, -0.25) is 0 Å². The molecule has 0 fully saturated rings. The fourth-order valence-electron chi connectivity index (χ4n) is 1.12. The number of thioether (sulfide) groups is 1. The lowest BCUT2D eigenvalue weighted by atomic mass is 9.94. The van der Waals surface area contributed by atoms with Gasteiger partial charge in [-0.2, -0.15) is 17.0 Å². The molecule has 0 aliphatic heterocycles. The summed E-state index contributed by atoms with van der Waals surface area (Å²) in [6.07, 6.45) is 2.62. The van der Waals surface area contributed by atoms with Crippen molar-refractivity contribution in [1.29, 1.82) is 5.26 Å². The molecule has 0 aromatic carbocycles. The zero-order chi connectivity index (χ0) is 11.0. The molecule has 0 saturated carbocycles. The molecule has 1 unspecified atom stereocenters. The molecule has 0 aromatic rings. The van der Waals surface area contributed by atoms with Gasteiger partial charge in [0.25, 0.3) is 0 Å². The number of nitriles is 1. The summed E-state index contributed by atoms with van der Waals surface area (Å²) in [4.78, 5) is 0. The molecular formula is C11H22N2S. The highest BCUT2D eigenvalue weighted by molar-refractivity contribution is 7.99. The fourth-order valence-corrected chi connectivity index (χ4v) is 2.11. The second kappa shape index (κ2) is 7.14. The zero-order valence-corrected chi connectivity index (χ0v) is 10.4. The first kappa shape index (κ1) is 13.8. The molecule has 0 heterocycles. The Morgan fingerprint density at radius 3 is 2.57 bits per heavy atom. The molecular weight excluding hydrogens is 192 g/mol. The van der Waals surface area contributed by atoms with E-state index in [0.29, 0.717) is 0 Å². The van der Waals surface area contributed by atoms with Gasteiger partial charge in [0, 0.05) is 0 Å². The van der Waals surface area contributed by atoms with Crippen LogP contribution in [0.15, 0.2) is 0 Å². The minimum absolute atomic E-state index is 0.585. The SMILES string of the molecule is CCC(N)(C#N)CCCSCC(C)C. The van der Waals surface area contributed by atoms with Crippen molar-refractivity contribution < 1.29 is 0 Å². The fraction of sp³-hybridized carbons (Fsp3) is 0.909. The van der Waals surface area contributed by atoms with Gasteiger partial charge < -0.3 is 5.73 Å². The lowest BCUT2D eigenvalue weighted by Crippen LogP contribution is -2.37. The van der Waals surface area contributed by atoms with Crippen molar-refractivity contribution in [3.63, 3.8) is 0 Å². The quantitative estimate of drug-likeness (QED) is 0.663. The maximum absolute atomic E-state index is 8.85. The molecule has 0 rings (SSSR count). The standard InChI is InChI=1S/C11H22N2S/c1-4-11(13,9-12)6-5-7-14-8-10(2)3/h10H,4-8,13H2,1-3H3. The average molecular weight is 214 g/mol.